The molecule has 0 amide bonds. The lowest BCUT2D eigenvalue weighted by atomic mass is 10.0. The second kappa shape index (κ2) is 12.3. The van der Waals surface area contributed by atoms with Gasteiger partial charge in [0.05, 0.1) is 24.5 Å². The molecule has 3 aromatic rings. The van der Waals surface area contributed by atoms with Crippen LogP contribution >= 0.6 is 11.8 Å². The molecule has 4 rings (SSSR count). The number of morpholine rings is 1. The maximum Gasteiger partial charge on any atom is 0.413 e. The van der Waals surface area contributed by atoms with Gasteiger partial charge >= 0.3 is 6.18 Å². The van der Waals surface area contributed by atoms with Crippen molar-refractivity contribution in [2.45, 2.75) is 12.2 Å². The summed E-state index contributed by atoms with van der Waals surface area (Å²) < 4.78 is 58.8. The molecular weight excluding hydrogens is 536 g/mol. The molecule has 204 valence electrons. The molecule has 1 atom stereocenters. The number of carbonyl (C=O) groups is 1. The molecule has 0 spiro atoms. The van der Waals surface area contributed by atoms with E-state index in [4.69, 9.17) is 10.00 Å². The predicted molar refractivity (Wildman–Crippen MR) is 140 cm³/mol. The standard InChI is InChI=1S/C26H24F4N6O2S/c1-35(16-31)23(26(28,29)30)18-4-2-17(3-5-18)21-8-9-32-25(34-21)33-19-6-7-22(36-10-12-38-13-11-36)20(14-19)24(37)39-15-27/h2-9,14,23H,10-13,15H2,1H3,(H,32,33,34). The summed E-state index contributed by atoms with van der Waals surface area (Å²) in [7, 11) is 1.08. The minimum atomic E-state index is -4.63. The summed E-state index contributed by atoms with van der Waals surface area (Å²) in [5, 5.41) is 11.6. The van der Waals surface area contributed by atoms with Gasteiger partial charge in [-0.05, 0) is 41.6 Å². The van der Waals surface area contributed by atoms with Crippen molar-refractivity contribution in [2.24, 2.45) is 0 Å². The van der Waals surface area contributed by atoms with Crippen molar-refractivity contribution >= 4 is 34.2 Å². The van der Waals surface area contributed by atoms with Gasteiger partial charge in [0.15, 0.2) is 12.2 Å². The van der Waals surface area contributed by atoms with Gasteiger partial charge in [0.1, 0.15) is 6.01 Å². The number of ether oxygens (including phenoxy) is 1. The molecule has 0 radical (unpaired) electrons. The number of hydrogen-bond acceptors (Lipinski definition) is 9. The highest BCUT2D eigenvalue weighted by Crippen LogP contribution is 2.37. The summed E-state index contributed by atoms with van der Waals surface area (Å²) in [6.07, 6.45) is -1.61. The van der Waals surface area contributed by atoms with E-state index >= 15 is 0 Å². The Balaban J connectivity index is 1.57. The summed E-state index contributed by atoms with van der Waals surface area (Å²) in [5.74, 6) is 0.199. The number of benzene rings is 2. The zero-order valence-electron chi connectivity index (χ0n) is 20.8. The first kappa shape index (κ1) is 28.1. The predicted octanol–water partition coefficient (Wildman–Crippen LogP) is 5.54. The third-order valence-corrected chi connectivity index (χ3v) is 6.63. The normalized spacial score (nSPS) is 14.4. The Morgan fingerprint density at radius 2 is 1.92 bits per heavy atom. The number of rotatable bonds is 8. The second-order valence-electron chi connectivity index (χ2n) is 8.54. The highest BCUT2D eigenvalue weighted by molar-refractivity contribution is 8.14. The number of alkyl halides is 4. The minimum absolute atomic E-state index is 0.0774. The van der Waals surface area contributed by atoms with E-state index in [-0.39, 0.29) is 11.5 Å². The Labute approximate surface area is 226 Å². The molecule has 1 aliphatic rings. The highest BCUT2D eigenvalue weighted by atomic mass is 32.2. The molecule has 0 bridgehead atoms. The molecule has 13 heteroatoms. The van der Waals surface area contributed by atoms with Crippen molar-refractivity contribution in [3.63, 3.8) is 0 Å². The van der Waals surface area contributed by atoms with E-state index in [1.54, 1.807) is 24.3 Å². The van der Waals surface area contributed by atoms with Gasteiger partial charge in [-0.1, -0.05) is 24.3 Å². The number of nitrogens with zero attached hydrogens (tertiary/aromatic N) is 5. The van der Waals surface area contributed by atoms with Gasteiger partial charge in [0.25, 0.3) is 0 Å². The lowest BCUT2D eigenvalue weighted by Crippen LogP contribution is -2.37. The number of thioether (sulfide) groups is 1. The van der Waals surface area contributed by atoms with Gasteiger partial charge in [0.2, 0.25) is 11.1 Å². The Hall–Kier alpha value is -3.89. The Morgan fingerprint density at radius 1 is 1.21 bits per heavy atom. The molecule has 1 unspecified atom stereocenters. The molecule has 1 N–H and O–H groups in total. The molecule has 1 aliphatic heterocycles. The maximum atomic E-state index is 13.5. The van der Waals surface area contributed by atoms with E-state index < -0.39 is 23.3 Å². The fourth-order valence-corrected chi connectivity index (χ4v) is 4.64. The highest BCUT2D eigenvalue weighted by Gasteiger charge is 2.43. The van der Waals surface area contributed by atoms with Gasteiger partial charge in [-0.2, -0.15) is 18.4 Å². The van der Waals surface area contributed by atoms with E-state index in [1.165, 1.54) is 36.7 Å². The largest absolute Gasteiger partial charge is 0.413 e. The zero-order valence-corrected chi connectivity index (χ0v) is 21.6. The van der Waals surface area contributed by atoms with Crippen LogP contribution in [0.1, 0.15) is 22.0 Å². The van der Waals surface area contributed by atoms with E-state index in [2.05, 4.69) is 15.3 Å². The van der Waals surface area contributed by atoms with Crippen LogP contribution in [0.4, 0.5) is 34.9 Å². The van der Waals surface area contributed by atoms with Crippen LogP contribution in [0.5, 0.6) is 0 Å². The molecule has 39 heavy (non-hydrogen) atoms. The van der Waals surface area contributed by atoms with Crippen LogP contribution in [0, 0.1) is 11.5 Å². The number of carbonyl (C=O) groups excluding carboxylic acids is 1. The topological polar surface area (TPSA) is 94.4 Å². The van der Waals surface area contributed by atoms with Gasteiger partial charge < -0.3 is 15.0 Å². The van der Waals surface area contributed by atoms with Crippen LogP contribution in [0.2, 0.25) is 0 Å². The molecule has 2 heterocycles. The van der Waals surface area contributed by atoms with Crippen LogP contribution in [0.15, 0.2) is 54.7 Å². The molecule has 1 fully saturated rings. The van der Waals surface area contributed by atoms with Crippen molar-refractivity contribution in [3.8, 4) is 17.5 Å². The van der Waals surface area contributed by atoms with E-state index in [1.807, 2.05) is 4.90 Å². The number of nitrogens with one attached hydrogen (secondary N) is 1. The van der Waals surface area contributed by atoms with Gasteiger partial charge in [-0.15, -0.1) is 0 Å². The molecule has 0 aliphatic carbocycles. The van der Waals surface area contributed by atoms with Crippen LogP contribution in [0.3, 0.4) is 0 Å². The number of anilines is 3. The van der Waals surface area contributed by atoms with Gasteiger partial charge in [-0.3, -0.25) is 9.69 Å². The van der Waals surface area contributed by atoms with Crippen molar-refractivity contribution in [1.29, 1.82) is 5.26 Å². The van der Waals surface area contributed by atoms with Crippen molar-refractivity contribution < 1.29 is 27.1 Å². The third-order valence-electron chi connectivity index (χ3n) is 6.04. The second-order valence-corrected chi connectivity index (χ2v) is 9.42. The first-order chi connectivity index (χ1) is 18.7. The maximum absolute atomic E-state index is 13.5. The monoisotopic (exact) mass is 560 g/mol. The summed E-state index contributed by atoms with van der Waals surface area (Å²) in [5.41, 5.74) is 2.45. The lowest BCUT2D eigenvalue weighted by Gasteiger charge is -2.30. The first-order valence-electron chi connectivity index (χ1n) is 11.8. The third kappa shape index (κ3) is 6.76. The van der Waals surface area contributed by atoms with E-state index in [0.29, 0.717) is 71.2 Å². The fraction of sp³-hybridized carbons (Fsp3) is 0.308. The Bertz CT molecular complexity index is 1340. The van der Waals surface area contributed by atoms with Crippen LogP contribution in [0.25, 0.3) is 11.3 Å². The van der Waals surface area contributed by atoms with E-state index in [9.17, 15) is 22.4 Å². The quantitative estimate of drug-likeness (QED) is 0.216. The number of aromatic nitrogens is 2. The van der Waals surface area contributed by atoms with Crippen LogP contribution < -0.4 is 10.2 Å². The van der Waals surface area contributed by atoms with Gasteiger partial charge in [-0.25, -0.2) is 14.4 Å². The minimum Gasteiger partial charge on any atom is -0.378 e. The molecule has 2 aromatic carbocycles. The molecule has 1 saturated heterocycles. The molecule has 8 nitrogen and oxygen atoms in total. The summed E-state index contributed by atoms with van der Waals surface area (Å²) in [6, 6.07) is 9.45. The SMILES string of the molecule is CN(C#N)C(c1ccc(-c2ccnc(Nc3ccc(N4CCOCC4)c(C(=O)SCF)c3)n2)cc1)C(F)(F)F. The van der Waals surface area contributed by atoms with Crippen LogP contribution in [-0.4, -0.2) is 65.5 Å². The Kier molecular flexibility index (Phi) is 8.88. The molecular formula is C26H24F4N6O2S. The fourth-order valence-electron chi connectivity index (χ4n) is 4.22. The molecule has 0 saturated carbocycles. The Morgan fingerprint density at radius 3 is 2.56 bits per heavy atom. The molecule has 1 aromatic heterocycles. The van der Waals surface area contributed by atoms with Crippen LogP contribution in [-0.2, 0) is 4.74 Å². The van der Waals surface area contributed by atoms with Crippen molar-refractivity contribution in [1.82, 2.24) is 14.9 Å². The number of nitriles is 1. The van der Waals surface area contributed by atoms with Crippen molar-refractivity contribution in [2.75, 3.05) is 49.6 Å². The average Bonchev–Trinajstić information content (AvgIpc) is 2.93. The number of hydrogen-bond donors (Lipinski definition) is 1. The zero-order chi connectivity index (χ0) is 28.0. The van der Waals surface area contributed by atoms with Crippen molar-refractivity contribution in [3.05, 3.63) is 65.9 Å². The van der Waals surface area contributed by atoms with Gasteiger partial charge in [0, 0.05) is 43.3 Å². The van der Waals surface area contributed by atoms with E-state index in [0.717, 1.165) is 7.05 Å². The smallest absolute Gasteiger partial charge is 0.378 e. The summed E-state index contributed by atoms with van der Waals surface area (Å²) in [4.78, 5) is 23.9. The number of halogens is 4. The average molecular weight is 561 g/mol. The summed E-state index contributed by atoms with van der Waals surface area (Å²) in [6.45, 7) is 2.26. The lowest BCUT2D eigenvalue weighted by molar-refractivity contribution is -0.175. The summed E-state index contributed by atoms with van der Waals surface area (Å²) >= 11 is 0.571. The first-order valence-corrected chi connectivity index (χ1v) is 12.8.